The second kappa shape index (κ2) is 5.88. The van der Waals surface area contributed by atoms with Crippen LogP contribution in [0, 0.1) is 6.92 Å². The van der Waals surface area contributed by atoms with Gasteiger partial charge in [0.05, 0.1) is 25.0 Å². The van der Waals surface area contributed by atoms with Gasteiger partial charge in [0.2, 0.25) is 5.95 Å². The van der Waals surface area contributed by atoms with E-state index in [9.17, 15) is 0 Å². The van der Waals surface area contributed by atoms with E-state index in [4.69, 9.17) is 4.74 Å². The van der Waals surface area contributed by atoms with Crippen LogP contribution in [0.2, 0.25) is 0 Å². The third-order valence-electron chi connectivity index (χ3n) is 2.80. The molecule has 0 amide bonds. The first kappa shape index (κ1) is 13.6. The van der Waals surface area contributed by atoms with Crippen molar-refractivity contribution in [3.05, 3.63) is 29.8 Å². The van der Waals surface area contributed by atoms with Gasteiger partial charge >= 0.3 is 0 Å². The highest BCUT2D eigenvalue weighted by Gasteiger charge is 2.10. The molecule has 0 aliphatic carbocycles. The number of aromatic nitrogens is 4. The number of ether oxygens (including phenoxy) is 1. The van der Waals surface area contributed by atoms with Gasteiger partial charge in [0.1, 0.15) is 0 Å². The maximum Gasteiger partial charge on any atom is 0.203 e. The highest BCUT2D eigenvalue weighted by molar-refractivity contribution is 5.31. The van der Waals surface area contributed by atoms with Crippen molar-refractivity contribution in [2.45, 2.75) is 26.4 Å². The van der Waals surface area contributed by atoms with Crippen LogP contribution in [0.1, 0.15) is 18.2 Å². The minimum atomic E-state index is 0.222. The van der Waals surface area contributed by atoms with Crippen molar-refractivity contribution in [2.75, 3.05) is 19.0 Å². The van der Waals surface area contributed by atoms with Crippen LogP contribution in [-0.2, 0) is 18.3 Å². The molecule has 0 bridgehead atoms. The zero-order chi connectivity index (χ0) is 13.8. The van der Waals surface area contributed by atoms with E-state index in [2.05, 4.69) is 26.9 Å². The number of rotatable bonds is 6. The van der Waals surface area contributed by atoms with Crippen LogP contribution >= 0.6 is 0 Å². The molecular weight excluding hydrogens is 242 g/mol. The molecule has 0 fully saturated rings. The largest absolute Gasteiger partial charge is 0.383 e. The van der Waals surface area contributed by atoms with Gasteiger partial charge in [-0.1, -0.05) is 0 Å². The quantitative estimate of drug-likeness (QED) is 0.856. The number of anilines is 1. The zero-order valence-corrected chi connectivity index (χ0v) is 11.9. The molecule has 19 heavy (non-hydrogen) atoms. The number of methoxy groups -OCH3 is 1. The summed E-state index contributed by atoms with van der Waals surface area (Å²) in [6, 6.07) is 0.222. The third kappa shape index (κ3) is 3.57. The molecule has 2 rings (SSSR count). The van der Waals surface area contributed by atoms with E-state index in [0.29, 0.717) is 6.61 Å². The topological polar surface area (TPSA) is 56.9 Å². The minimum absolute atomic E-state index is 0.222. The van der Waals surface area contributed by atoms with E-state index in [1.165, 1.54) is 0 Å². The van der Waals surface area contributed by atoms with Gasteiger partial charge < -0.3 is 14.6 Å². The van der Waals surface area contributed by atoms with Crippen LogP contribution in [0.4, 0.5) is 5.95 Å². The average molecular weight is 263 g/mol. The molecule has 0 saturated carbocycles. The summed E-state index contributed by atoms with van der Waals surface area (Å²) in [4.78, 5) is 4.50. The predicted molar refractivity (Wildman–Crippen MR) is 74.2 cm³/mol. The van der Waals surface area contributed by atoms with Crippen LogP contribution in [-0.4, -0.2) is 39.1 Å². The summed E-state index contributed by atoms with van der Waals surface area (Å²) in [5, 5.41) is 7.54. The second-order valence-corrected chi connectivity index (χ2v) is 4.86. The molecule has 0 aliphatic heterocycles. The van der Waals surface area contributed by atoms with Crippen molar-refractivity contribution in [1.29, 1.82) is 0 Å². The lowest BCUT2D eigenvalue weighted by Crippen LogP contribution is -2.23. The van der Waals surface area contributed by atoms with Crippen LogP contribution in [0.5, 0.6) is 0 Å². The van der Waals surface area contributed by atoms with Gasteiger partial charge in [-0.3, -0.25) is 4.68 Å². The van der Waals surface area contributed by atoms with Gasteiger partial charge in [-0.2, -0.15) is 5.10 Å². The molecule has 0 spiro atoms. The van der Waals surface area contributed by atoms with Gasteiger partial charge in [-0.15, -0.1) is 0 Å². The lowest BCUT2D eigenvalue weighted by molar-refractivity contribution is 0.190. The highest BCUT2D eigenvalue weighted by atomic mass is 16.5. The monoisotopic (exact) mass is 263 g/mol. The maximum absolute atomic E-state index is 5.13. The first-order valence-electron chi connectivity index (χ1n) is 6.35. The number of imidazole rings is 1. The van der Waals surface area contributed by atoms with E-state index in [0.717, 1.165) is 23.8 Å². The number of aryl methyl sites for hydroxylation is 2. The predicted octanol–water partition coefficient (Wildman–Crippen LogP) is 1.42. The SMILES string of the molecule is COCC(C)Nc1nc(C)cn1Cc1cnn(C)c1. The molecule has 0 saturated heterocycles. The zero-order valence-electron chi connectivity index (χ0n) is 11.9. The van der Waals surface area contributed by atoms with E-state index >= 15 is 0 Å². The Bertz CT molecular complexity index is 531. The molecule has 0 aromatic carbocycles. The number of nitrogens with zero attached hydrogens (tertiary/aromatic N) is 4. The third-order valence-corrected chi connectivity index (χ3v) is 2.80. The molecule has 6 nitrogen and oxygen atoms in total. The van der Waals surface area contributed by atoms with E-state index < -0.39 is 0 Å². The standard InChI is InChI=1S/C13H21N5O/c1-10-6-18(8-12-5-14-17(3)7-12)13(15-10)16-11(2)9-19-4/h5-7,11H,8-9H2,1-4H3,(H,15,16). The van der Waals surface area contributed by atoms with Gasteiger partial charge in [0.25, 0.3) is 0 Å². The lowest BCUT2D eigenvalue weighted by atomic mass is 10.3. The van der Waals surface area contributed by atoms with Crippen molar-refractivity contribution in [2.24, 2.45) is 7.05 Å². The Hall–Kier alpha value is -1.82. The Labute approximate surface area is 113 Å². The molecule has 2 heterocycles. The van der Waals surface area contributed by atoms with Crippen LogP contribution in [0.25, 0.3) is 0 Å². The average Bonchev–Trinajstić information content (AvgIpc) is 2.87. The minimum Gasteiger partial charge on any atom is -0.383 e. The van der Waals surface area contributed by atoms with Crippen molar-refractivity contribution in [1.82, 2.24) is 19.3 Å². The molecule has 104 valence electrons. The molecule has 1 N–H and O–H groups in total. The Balaban J connectivity index is 2.11. The van der Waals surface area contributed by atoms with Crippen LogP contribution < -0.4 is 5.32 Å². The van der Waals surface area contributed by atoms with Gasteiger partial charge in [-0.05, 0) is 13.8 Å². The normalized spacial score (nSPS) is 12.6. The van der Waals surface area contributed by atoms with Crippen LogP contribution in [0.15, 0.2) is 18.6 Å². The Morgan fingerprint density at radius 2 is 2.21 bits per heavy atom. The van der Waals surface area contributed by atoms with Crippen molar-refractivity contribution in [3.63, 3.8) is 0 Å². The number of hydrogen-bond donors (Lipinski definition) is 1. The molecule has 6 heteroatoms. The molecule has 1 atom stereocenters. The number of hydrogen-bond acceptors (Lipinski definition) is 4. The molecular formula is C13H21N5O. The summed E-state index contributed by atoms with van der Waals surface area (Å²) in [5.41, 5.74) is 2.15. The molecule has 2 aromatic rings. The van der Waals surface area contributed by atoms with E-state index in [1.807, 2.05) is 32.6 Å². The smallest absolute Gasteiger partial charge is 0.203 e. The maximum atomic E-state index is 5.13. The van der Waals surface area contributed by atoms with Gasteiger partial charge in [0, 0.05) is 38.2 Å². The van der Waals surface area contributed by atoms with Gasteiger partial charge in [-0.25, -0.2) is 4.98 Å². The summed E-state index contributed by atoms with van der Waals surface area (Å²) in [6.07, 6.45) is 5.92. The fourth-order valence-electron chi connectivity index (χ4n) is 2.04. The molecule has 0 radical (unpaired) electrons. The second-order valence-electron chi connectivity index (χ2n) is 4.86. The lowest BCUT2D eigenvalue weighted by Gasteiger charge is -2.14. The first-order chi connectivity index (χ1) is 9.08. The number of nitrogens with one attached hydrogen (secondary N) is 1. The fourth-order valence-corrected chi connectivity index (χ4v) is 2.04. The Morgan fingerprint density at radius 3 is 2.84 bits per heavy atom. The van der Waals surface area contributed by atoms with Crippen molar-refractivity contribution in [3.8, 4) is 0 Å². The van der Waals surface area contributed by atoms with E-state index in [-0.39, 0.29) is 6.04 Å². The summed E-state index contributed by atoms with van der Waals surface area (Å²) in [5.74, 6) is 0.867. The molecule has 2 aromatic heterocycles. The summed E-state index contributed by atoms with van der Waals surface area (Å²) in [6.45, 7) is 5.48. The molecule has 0 aliphatic rings. The fraction of sp³-hybridized carbons (Fsp3) is 0.538. The first-order valence-corrected chi connectivity index (χ1v) is 6.35. The van der Waals surface area contributed by atoms with Crippen LogP contribution in [0.3, 0.4) is 0 Å². The van der Waals surface area contributed by atoms with Crippen molar-refractivity contribution >= 4 is 5.95 Å². The summed E-state index contributed by atoms with van der Waals surface area (Å²) < 4.78 is 9.03. The summed E-state index contributed by atoms with van der Waals surface area (Å²) in [7, 11) is 3.62. The summed E-state index contributed by atoms with van der Waals surface area (Å²) >= 11 is 0. The molecule has 1 unspecified atom stereocenters. The van der Waals surface area contributed by atoms with Gasteiger partial charge in [0.15, 0.2) is 0 Å². The van der Waals surface area contributed by atoms with E-state index in [1.54, 1.807) is 11.8 Å². The Kier molecular flexibility index (Phi) is 4.21. The highest BCUT2D eigenvalue weighted by Crippen LogP contribution is 2.12. The Morgan fingerprint density at radius 1 is 1.42 bits per heavy atom. The van der Waals surface area contributed by atoms with Crippen molar-refractivity contribution < 1.29 is 4.74 Å².